The summed E-state index contributed by atoms with van der Waals surface area (Å²) in [6.07, 6.45) is 10.1. The van der Waals surface area contributed by atoms with Gasteiger partial charge in [0.05, 0.1) is 0 Å². The Bertz CT molecular complexity index is 642. The fourth-order valence-electron chi connectivity index (χ4n) is 4.42. The first-order chi connectivity index (χ1) is 12.5. The van der Waals surface area contributed by atoms with Crippen LogP contribution in [0.1, 0.15) is 57.7 Å². The molecule has 0 unspecified atom stereocenters. The average Bonchev–Trinajstić information content (AvgIpc) is 3.06. The Labute approximate surface area is 156 Å². The van der Waals surface area contributed by atoms with Crippen LogP contribution in [0.15, 0.2) is 12.4 Å². The van der Waals surface area contributed by atoms with Gasteiger partial charge in [-0.25, -0.2) is 4.98 Å². The minimum Gasteiger partial charge on any atom is -0.342 e. The Balaban J connectivity index is 1.58. The normalized spacial score (nSPS) is 23.7. The number of imidazole rings is 1. The van der Waals surface area contributed by atoms with E-state index in [9.17, 15) is 9.59 Å². The smallest absolute Gasteiger partial charge is 0.224 e. The molecular weight excluding hydrogens is 328 g/mol. The maximum Gasteiger partial charge on any atom is 0.224 e. The van der Waals surface area contributed by atoms with Crippen LogP contribution in [0.2, 0.25) is 0 Å². The molecule has 1 aromatic rings. The molecule has 26 heavy (non-hydrogen) atoms. The van der Waals surface area contributed by atoms with Crippen molar-refractivity contribution in [2.45, 2.75) is 65.3 Å². The van der Waals surface area contributed by atoms with E-state index in [1.807, 2.05) is 22.6 Å². The number of likely N-dealkylation sites (tertiary alicyclic amines) is 2. The fraction of sp³-hybridized carbons (Fsp3) is 0.750. The van der Waals surface area contributed by atoms with Crippen LogP contribution < -0.4 is 0 Å². The van der Waals surface area contributed by atoms with Gasteiger partial charge in [-0.3, -0.25) is 9.59 Å². The van der Waals surface area contributed by atoms with Gasteiger partial charge in [0.1, 0.15) is 5.82 Å². The van der Waals surface area contributed by atoms with E-state index in [2.05, 4.69) is 16.8 Å². The van der Waals surface area contributed by atoms with E-state index in [0.717, 1.165) is 64.1 Å². The number of piperidine rings is 2. The van der Waals surface area contributed by atoms with Crippen molar-refractivity contribution in [3.05, 3.63) is 18.2 Å². The van der Waals surface area contributed by atoms with Crippen LogP contribution in [-0.4, -0.2) is 57.3 Å². The van der Waals surface area contributed by atoms with Gasteiger partial charge in [0.15, 0.2) is 0 Å². The predicted octanol–water partition coefficient (Wildman–Crippen LogP) is 2.61. The van der Waals surface area contributed by atoms with Gasteiger partial charge < -0.3 is 14.4 Å². The monoisotopic (exact) mass is 360 g/mol. The van der Waals surface area contributed by atoms with E-state index >= 15 is 0 Å². The Kier molecular flexibility index (Phi) is 5.99. The van der Waals surface area contributed by atoms with Crippen molar-refractivity contribution in [3.8, 4) is 0 Å². The molecule has 6 heteroatoms. The lowest BCUT2D eigenvalue weighted by molar-refractivity contribution is -0.143. The summed E-state index contributed by atoms with van der Waals surface area (Å²) in [4.78, 5) is 33.3. The van der Waals surface area contributed by atoms with Gasteiger partial charge in [0.2, 0.25) is 11.8 Å². The second-order valence-corrected chi connectivity index (χ2v) is 8.01. The summed E-state index contributed by atoms with van der Waals surface area (Å²) in [6.45, 7) is 8.17. The van der Waals surface area contributed by atoms with E-state index in [-0.39, 0.29) is 11.3 Å². The molecule has 2 aliphatic heterocycles. The number of hydrogen-bond donors (Lipinski definition) is 0. The highest BCUT2D eigenvalue weighted by molar-refractivity contribution is 5.78. The molecule has 2 saturated heterocycles. The summed E-state index contributed by atoms with van der Waals surface area (Å²) in [5.74, 6) is 1.47. The van der Waals surface area contributed by atoms with Crippen molar-refractivity contribution < 1.29 is 9.59 Å². The van der Waals surface area contributed by atoms with E-state index < -0.39 is 0 Å². The highest BCUT2D eigenvalue weighted by atomic mass is 16.2. The zero-order valence-electron chi connectivity index (χ0n) is 16.2. The molecule has 0 N–H and O–H groups in total. The van der Waals surface area contributed by atoms with Crippen molar-refractivity contribution >= 4 is 11.8 Å². The molecule has 1 spiro atoms. The van der Waals surface area contributed by atoms with Crippen LogP contribution >= 0.6 is 0 Å². The summed E-state index contributed by atoms with van der Waals surface area (Å²) in [5, 5.41) is 0. The molecule has 0 aliphatic carbocycles. The second-order valence-electron chi connectivity index (χ2n) is 8.01. The molecule has 3 heterocycles. The first-order valence-electron chi connectivity index (χ1n) is 10.1. The Hall–Kier alpha value is -1.85. The van der Waals surface area contributed by atoms with Crippen LogP contribution in [-0.2, 0) is 16.1 Å². The number of hydrogen-bond acceptors (Lipinski definition) is 3. The topological polar surface area (TPSA) is 58.4 Å². The molecule has 0 radical (unpaired) electrons. The third kappa shape index (κ3) is 4.27. The summed E-state index contributed by atoms with van der Waals surface area (Å²) < 4.78 is 2.03. The Morgan fingerprint density at radius 3 is 2.85 bits per heavy atom. The van der Waals surface area contributed by atoms with E-state index in [4.69, 9.17) is 0 Å². The van der Waals surface area contributed by atoms with Crippen molar-refractivity contribution in [3.63, 3.8) is 0 Å². The maximum atomic E-state index is 12.8. The zero-order chi connectivity index (χ0) is 18.6. The second kappa shape index (κ2) is 8.23. The standard InChI is InChI=1S/C20H32N4O2/c1-3-4-11-23-15-20(9-6-18(23)25)8-5-12-24(16-20)19(26)7-13-22-14-10-21-17(22)2/h10,14H,3-9,11-13,15-16H2,1-2H3/t20-/m1/s1. The van der Waals surface area contributed by atoms with E-state index in [0.29, 0.717) is 25.3 Å². The Morgan fingerprint density at radius 1 is 1.27 bits per heavy atom. The van der Waals surface area contributed by atoms with Crippen LogP contribution in [0.25, 0.3) is 0 Å². The summed E-state index contributed by atoms with van der Waals surface area (Å²) >= 11 is 0. The van der Waals surface area contributed by atoms with Crippen molar-refractivity contribution in [2.24, 2.45) is 5.41 Å². The molecule has 2 amide bonds. The predicted molar refractivity (Wildman–Crippen MR) is 101 cm³/mol. The van der Waals surface area contributed by atoms with Crippen LogP contribution in [0.5, 0.6) is 0 Å². The van der Waals surface area contributed by atoms with Crippen LogP contribution in [0.4, 0.5) is 0 Å². The number of carbonyl (C=O) groups is 2. The molecule has 1 atom stereocenters. The highest BCUT2D eigenvalue weighted by Gasteiger charge is 2.42. The number of amides is 2. The molecule has 2 aliphatic rings. The van der Waals surface area contributed by atoms with E-state index in [1.165, 1.54) is 0 Å². The summed E-state index contributed by atoms with van der Waals surface area (Å²) in [7, 11) is 0. The average molecular weight is 361 g/mol. The van der Waals surface area contributed by atoms with Gasteiger partial charge in [-0.05, 0) is 32.6 Å². The minimum atomic E-state index is 0.112. The lowest BCUT2D eigenvalue weighted by Crippen LogP contribution is -2.55. The van der Waals surface area contributed by atoms with Gasteiger partial charge >= 0.3 is 0 Å². The van der Waals surface area contributed by atoms with Gasteiger partial charge in [-0.15, -0.1) is 0 Å². The molecule has 0 saturated carbocycles. The summed E-state index contributed by atoms with van der Waals surface area (Å²) in [5.41, 5.74) is 0.112. The maximum absolute atomic E-state index is 12.8. The number of unbranched alkanes of at least 4 members (excludes halogenated alkanes) is 1. The van der Waals surface area contributed by atoms with Crippen molar-refractivity contribution in [1.29, 1.82) is 0 Å². The molecule has 3 rings (SSSR count). The van der Waals surface area contributed by atoms with Crippen LogP contribution in [0, 0.1) is 12.3 Å². The number of rotatable bonds is 6. The third-order valence-corrected chi connectivity index (χ3v) is 6.03. The van der Waals surface area contributed by atoms with E-state index in [1.54, 1.807) is 6.20 Å². The largest absolute Gasteiger partial charge is 0.342 e. The number of aryl methyl sites for hydroxylation is 2. The molecular formula is C20H32N4O2. The molecule has 2 fully saturated rings. The lowest BCUT2D eigenvalue weighted by Gasteiger charge is -2.48. The van der Waals surface area contributed by atoms with Gasteiger partial charge in [0, 0.05) is 63.4 Å². The highest BCUT2D eigenvalue weighted by Crippen LogP contribution is 2.39. The van der Waals surface area contributed by atoms with Crippen molar-refractivity contribution in [1.82, 2.24) is 19.4 Å². The number of carbonyl (C=O) groups excluding carboxylic acids is 2. The quantitative estimate of drug-likeness (QED) is 0.783. The molecule has 144 valence electrons. The molecule has 0 aromatic carbocycles. The molecule has 1 aromatic heterocycles. The zero-order valence-corrected chi connectivity index (χ0v) is 16.2. The van der Waals surface area contributed by atoms with Crippen molar-refractivity contribution in [2.75, 3.05) is 26.2 Å². The molecule has 0 bridgehead atoms. The number of nitrogens with zero attached hydrogens (tertiary/aromatic N) is 4. The fourth-order valence-corrected chi connectivity index (χ4v) is 4.42. The van der Waals surface area contributed by atoms with Gasteiger partial charge in [-0.1, -0.05) is 13.3 Å². The Morgan fingerprint density at radius 2 is 2.12 bits per heavy atom. The lowest BCUT2D eigenvalue weighted by atomic mass is 9.73. The first-order valence-corrected chi connectivity index (χ1v) is 10.1. The molecule has 6 nitrogen and oxygen atoms in total. The number of aromatic nitrogens is 2. The third-order valence-electron chi connectivity index (χ3n) is 6.03. The minimum absolute atomic E-state index is 0.112. The first kappa shape index (κ1) is 18.9. The SMILES string of the molecule is CCCCN1C[C@@]2(CCCN(C(=O)CCn3ccnc3C)C2)CCC1=O. The van der Waals surface area contributed by atoms with Gasteiger partial charge in [-0.2, -0.15) is 0 Å². The van der Waals surface area contributed by atoms with Gasteiger partial charge in [0.25, 0.3) is 0 Å². The van der Waals surface area contributed by atoms with Crippen LogP contribution in [0.3, 0.4) is 0 Å². The summed E-state index contributed by atoms with van der Waals surface area (Å²) in [6, 6.07) is 0.